The van der Waals surface area contributed by atoms with Crippen molar-refractivity contribution in [1.29, 1.82) is 0 Å². The van der Waals surface area contributed by atoms with Crippen LogP contribution in [0.4, 0.5) is 0 Å². The number of Topliss-reactive ketones (excluding diaryl/α,β-unsaturated/α-hetero) is 1. The molecule has 0 spiro atoms. The molecule has 0 aromatic heterocycles. The van der Waals surface area contributed by atoms with Crippen molar-refractivity contribution in [3.8, 4) is 0 Å². The Labute approximate surface area is 153 Å². The van der Waals surface area contributed by atoms with Gasteiger partial charge in [-0.3, -0.25) is 4.79 Å². The van der Waals surface area contributed by atoms with E-state index in [1.54, 1.807) is 27.7 Å². The SMILES string of the molecule is CCCCC(CC)COC(C)(C)C(=O)C(C)OC(=O)C(C)OC(C)C. The van der Waals surface area contributed by atoms with E-state index in [1.165, 1.54) is 0 Å². The highest BCUT2D eigenvalue weighted by Crippen LogP contribution is 2.20. The van der Waals surface area contributed by atoms with E-state index in [-0.39, 0.29) is 11.9 Å². The first-order valence-corrected chi connectivity index (χ1v) is 9.59. The lowest BCUT2D eigenvalue weighted by Crippen LogP contribution is -2.45. The maximum atomic E-state index is 12.6. The number of carbonyl (C=O) groups is 2. The average molecular weight is 359 g/mol. The summed E-state index contributed by atoms with van der Waals surface area (Å²) in [6.45, 7) is 15.2. The summed E-state index contributed by atoms with van der Waals surface area (Å²) in [4.78, 5) is 24.6. The Kier molecular flexibility index (Phi) is 11.2. The van der Waals surface area contributed by atoms with Crippen LogP contribution in [0.5, 0.6) is 0 Å². The van der Waals surface area contributed by atoms with Gasteiger partial charge in [-0.25, -0.2) is 4.79 Å². The standard InChI is InChI=1S/C20H38O5/c1-9-11-12-17(10-2)13-23-20(7,8)18(21)15(5)25-19(22)16(6)24-14(3)4/h14-17H,9-13H2,1-8H3. The number of rotatable bonds is 13. The van der Waals surface area contributed by atoms with E-state index < -0.39 is 23.8 Å². The second-order valence-electron chi connectivity index (χ2n) is 7.51. The van der Waals surface area contributed by atoms with Gasteiger partial charge in [-0.15, -0.1) is 0 Å². The maximum absolute atomic E-state index is 12.6. The minimum atomic E-state index is -0.985. The third kappa shape index (κ3) is 9.36. The Morgan fingerprint density at radius 2 is 1.60 bits per heavy atom. The Bertz CT molecular complexity index is 403. The van der Waals surface area contributed by atoms with Crippen molar-refractivity contribution >= 4 is 11.8 Å². The van der Waals surface area contributed by atoms with Crippen molar-refractivity contribution in [2.45, 2.75) is 105 Å². The number of carbonyl (C=O) groups excluding carboxylic acids is 2. The Morgan fingerprint density at radius 1 is 1.00 bits per heavy atom. The molecule has 0 aromatic rings. The molecule has 148 valence electrons. The van der Waals surface area contributed by atoms with E-state index >= 15 is 0 Å². The third-order valence-corrected chi connectivity index (χ3v) is 4.29. The monoisotopic (exact) mass is 358 g/mol. The Hall–Kier alpha value is -0.940. The van der Waals surface area contributed by atoms with Crippen LogP contribution in [0.1, 0.15) is 81.1 Å². The van der Waals surface area contributed by atoms with E-state index in [0.717, 1.165) is 25.7 Å². The Morgan fingerprint density at radius 3 is 2.08 bits per heavy atom. The number of esters is 1. The van der Waals surface area contributed by atoms with Gasteiger partial charge in [-0.1, -0.05) is 33.1 Å². The second-order valence-corrected chi connectivity index (χ2v) is 7.51. The summed E-state index contributed by atoms with van der Waals surface area (Å²) in [5.74, 6) is -0.313. The molecule has 3 unspecified atom stereocenters. The molecule has 0 bridgehead atoms. The van der Waals surface area contributed by atoms with Gasteiger partial charge in [-0.05, 0) is 53.9 Å². The highest BCUT2D eigenvalue weighted by atomic mass is 16.6. The van der Waals surface area contributed by atoms with Crippen LogP contribution in [0.2, 0.25) is 0 Å². The molecular weight excluding hydrogens is 320 g/mol. The summed E-state index contributed by atoms with van der Waals surface area (Å²) in [7, 11) is 0. The Balaban J connectivity index is 4.59. The third-order valence-electron chi connectivity index (χ3n) is 4.29. The summed E-state index contributed by atoms with van der Waals surface area (Å²) in [5.41, 5.74) is -0.985. The highest BCUT2D eigenvalue weighted by molar-refractivity contribution is 5.92. The van der Waals surface area contributed by atoms with Crippen LogP contribution in [0.3, 0.4) is 0 Å². The second kappa shape index (κ2) is 11.6. The van der Waals surface area contributed by atoms with Gasteiger partial charge in [0.15, 0.2) is 12.2 Å². The van der Waals surface area contributed by atoms with E-state index in [4.69, 9.17) is 14.2 Å². The molecule has 0 aliphatic carbocycles. The molecule has 0 fully saturated rings. The zero-order valence-electron chi connectivity index (χ0n) is 17.4. The van der Waals surface area contributed by atoms with E-state index in [2.05, 4.69) is 13.8 Å². The van der Waals surface area contributed by atoms with Gasteiger partial charge in [0.05, 0.1) is 12.7 Å². The lowest BCUT2D eigenvalue weighted by Gasteiger charge is -2.29. The predicted molar refractivity (Wildman–Crippen MR) is 99.6 cm³/mol. The molecule has 5 nitrogen and oxygen atoms in total. The van der Waals surface area contributed by atoms with Crippen LogP contribution >= 0.6 is 0 Å². The maximum Gasteiger partial charge on any atom is 0.335 e. The normalized spacial score (nSPS) is 15.7. The zero-order chi connectivity index (χ0) is 19.6. The van der Waals surface area contributed by atoms with Crippen LogP contribution < -0.4 is 0 Å². The largest absolute Gasteiger partial charge is 0.453 e. The van der Waals surface area contributed by atoms with Gasteiger partial charge < -0.3 is 14.2 Å². The fraction of sp³-hybridized carbons (Fsp3) is 0.900. The molecule has 0 heterocycles. The lowest BCUT2D eigenvalue weighted by atomic mass is 9.97. The van der Waals surface area contributed by atoms with Crippen LogP contribution in [0.25, 0.3) is 0 Å². The van der Waals surface area contributed by atoms with Gasteiger partial charge in [-0.2, -0.15) is 0 Å². The molecular formula is C20H38O5. The van der Waals surface area contributed by atoms with Gasteiger partial charge in [0, 0.05) is 0 Å². The van der Waals surface area contributed by atoms with Gasteiger partial charge >= 0.3 is 5.97 Å². The van der Waals surface area contributed by atoms with E-state index in [0.29, 0.717) is 12.5 Å². The highest BCUT2D eigenvalue weighted by Gasteiger charge is 2.35. The molecule has 0 aliphatic heterocycles. The lowest BCUT2D eigenvalue weighted by molar-refractivity contribution is -0.172. The molecule has 0 aliphatic rings. The molecule has 0 amide bonds. The van der Waals surface area contributed by atoms with Crippen molar-refractivity contribution in [2.75, 3.05) is 6.61 Å². The summed E-state index contributed by atoms with van der Waals surface area (Å²) in [6, 6.07) is 0. The molecule has 3 atom stereocenters. The quantitative estimate of drug-likeness (QED) is 0.459. The number of hydrogen-bond acceptors (Lipinski definition) is 5. The molecule has 5 heteroatoms. The van der Waals surface area contributed by atoms with Crippen molar-refractivity contribution in [3.05, 3.63) is 0 Å². The first-order chi connectivity index (χ1) is 11.5. The average Bonchev–Trinajstić information content (AvgIpc) is 2.53. The first-order valence-electron chi connectivity index (χ1n) is 9.59. The first kappa shape index (κ1) is 24.1. The number of ether oxygens (including phenoxy) is 3. The summed E-state index contributed by atoms with van der Waals surface area (Å²) < 4.78 is 16.6. The molecule has 0 saturated heterocycles. The number of hydrogen-bond donors (Lipinski definition) is 0. The molecule has 0 aromatic carbocycles. The smallest absolute Gasteiger partial charge is 0.335 e. The fourth-order valence-electron chi connectivity index (χ4n) is 2.57. The van der Waals surface area contributed by atoms with Crippen LogP contribution in [0, 0.1) is 5.92 Å². The van der Waals surface area contributed by atoms with Crippen LogP contribution in [-0.2, 0) is 23.8 Å². The van der Waals surface area contributed by atoms with Crippen molar-refractivity contribution < 1.29 is 23.8 Å². The number of unbranched alkanes of at least 4 members (excludes halogenated alkanes) is 1. The van der Waals surface area contributed by atoms with Crippen LogP contribution in [-0.4, -0.2) is 42.3 Å². The van der Waals surface area contributed by atoms with Crippen molar-refractivity contribution in [1.82, 2.24) is 0 Å². The molecule has 25 heavy (non-hydrogen) atoms. The summed E-state index contributed by atoms with van der Waals surface area (Å²) in [5, 5.41) is 0. The predicted octanol–water partition coefficient (Wildman–Crippen LogP) is 4.31. The molecule has 0 rings (SSSR count). The van der Waals surface area contributed by atoms with Gasteiger partial charge in [0.2, 0.25) is 5.78 Å². The fourth-order valence-corrected chi connectivity index (χ4v) is 2.57. The summed E-state index contributed by atoms with van der Waals surface area (Å²) >= 11 is 0. The van der Waals surface area contributed by atoms with E-state index in [1.807, 2.05) is 13.8 Å². The minimum Gasteiger partial charge on any atom is -0.453 e. The molecule has 0 radical (unpaired) electrons. The zero-order valence-corrected chi connectivity index (χ0v) is 17.4. The minimum absolute atomic E-state index is 0.0811. The molecule has 0 N–H and O–H groups in total. The summed E-state index contributed by atoms with van der Waals surface area (Å²) in [6.07, 6.45) is 2.81. The molecule has 0 saturated carbocycles. The van der Waals surface area contributed by atoms with Crippen molar-refractivity contribution in [2.24, 2.45) is 5.92 Å². The topological polar surface area (TPSA) is 61.8 Å². The van der Waals surface area contributed by atoms with E-state index in [9.17, 15) is 9.59 Å². The van der Waals surface area contributed by atoms with Gasteiger partial charge in [0.1, 0.15) is 5.60 Å². The van der Waals surface area contributed by atoms with Crippen LogP contribution in [0.15, 0.2) is 0 Å². The van der Waals surface area contributed by atoms with Gasteiger partial charge in [0.25, 0.3) is 0 Å². The number of ketones is 1. The van der Waals surface area contributed by atoms with Crippen molar-refractivity contribution in [3.63, 3.8) is 0 Å².